The lowest BCUT2D eigenvalue weighted by molar-refractivity contribution is -0.125. The molecule has 0 amide bonds. The summed E-state index contributed by atoms with van der Waals surface area (Å²) in [7, 11) is 0. The zero-order valence-corrected chi connectivity index (χ0v) is 10.1. The molecule has 3 rings (SSSR count). The Morgan fingerprint density at radius 1 is 1.33 bits per heavy atom. The van der Waals surface area contributed by atoms with Crippen LogP contribution in [0.25, 0.3) is 0 Å². The van der Waals surface area contributed by atoms with Gasteiger partial charge in [0.15, 0.2) is 23.4 Å². The minimum atomic E-state index is -1.90. The lowest BCUT2D eigenvalue weighted by Gasteiger charge is -2.09. The Bertz CT molecular complexity index is 380. The molecule has 0 bridgehead atoms. The van der Waals surface area contributed by atoms with Crippen molar-refractivity contribution in [2.45, 2.75) is 56.2 Å². The number of alkyl halides is 2. The molecule has 4 atom stereocenters. The number of halogens is 2. The average Bonchev–Trinajstić information content (AvgIpc) is 3.11. The number of rotatable bonds is 6. The number of carbonyl (C=O) groups is 1. The molecule has 3 fully saturated rings. The van der Waals surface area contributed by atoms with Crippen molar-refractivity contribution < 1.29 is 23.8 Å². The average molecular weight is 260 g/mol. The second kappa shape index (κ2) is 3.73. The molecule has 3 unspecified atom stereocenters. The van der Waals surface area contributed by atoms with Crippen molar-refractivity contribution in [3.05, 3.63) is 0 Å². The summed E-state index contributed by atoms with van der Waals surface area (Å²) in [5.74, 6) is -0.174. The number of hydrogen-bond acceptors (Lipinski definition) is 3. The van der Waals surface area contributed by atoms with Gasteiger partial charge in [-0.15, -0.1) is 0 Å². The van der Waals surface area contributed by atoms with Crippen LogP contribution in [0.4, 0.5) is 8.78 Å². The summed E-state index contributed by atoms with van der Waals surface area (Å²) in [6, 6.07) is 0. The number of hydrogen-bond donors (Lipinski definition) is 2. The molecule has 18 heavy (non-hydrogen) atoms. The molecule has 102 valence electrons. The Hall–Kier alpha value is -0.550. The van der Waals surface area contributed by atoms with E-state index in [1.54, 1.807) is 0 Å². The maximum Gasteiger partial charge on any atom is 0.186 e. The minimum absolute atomic E-state index is 0.152. The van der Waals surface area contributed by atoms with Crippen molar-refractivity contribution in [3.8, 4) is 0 Å². The zero-order valence-electron chi connectivity index (χ0n) is 10.1. The Morgan fingerprint density at radius 2 is 2.00 bits per heavy atom. The molecule has 3 nitrogen and oxygen atoms in total. The van der Waals surface area contributed by atoms with E-state index < -0.39 is 17.6 Å². The molecule has 0 aromatic carbocycles. The van der Waals surface area contributed by atoms with E-state index in [4.69, 9.17) is 10.2 Å². The van der Waals surface area contributed by atoms with Gasteiger partial charge in [0.2, 0.25) is 0 Å². The third-order valence-corrected chi connectivity index (χ3v) is 4.84. The van der Waals surface area contributed by atoms with E-state index in [1.807, 2.05) is 0 Å². The maximum absolute atomic E-state index is 13.7. The topological polar surface area (TPSA) is 57.5 Å². The standard InChI is InChI=1S/C13H18F2O3/c14-12(3-4-12)10(16)2-1-7-5-8(7)9-6-13(9,15)11(17)18/h7-9,11,17-18H,1-6H2/t7?,8-,9?,13?/m0/s1. The summed E-state index contributed by atoms with van der Waals surface area (Å²) in [5.41, 5.74) is -3.38. The van der Waals surface area contributed by atoms with E-state index in [0.717, 1.165) is 6.42 Å². The summed E-state index contributed by atoms with van der Waals surface area (Å²) < 4.78 is 27.1. The van der Waals surface area contributed by atoms with Gasteiger partial charge in [-0.05, 0) is 43.9 Å². The SMILES string of the molecule is O=C(CCC1C[C@@H]1C1CC1(F)C(O)O)C1(F)CC1. The predicted molar refractivity (Wildman–Crippen MR) is 59.1 cm³/mol. The summed E-state index contributed by atoms with van der Waals surface area (Å²) in [6.07, 6.45) is 0.697. The van der Waals surface area contributed by atoms with Gasteiger partial charge in [0.1, 0.15) is 0 Å². The Morgan fingerprint density at radius 3 is 2.50 bits per heavy atom. The van der Waals surface area contributed by atoms with Crippen LogP contribution in [0.2, 0.25) is 0 Å². The highest BCUT2D eigenvalue weighted by Crippen LogP contribution is 2.64. The molecular weight excluding hydrogens is 242 g/mol. The first-order valence-electron chi connectivity index (χ1n) is 6.64. The second-order valence-electron chi connectivity index (χ2n) is 6.20. The van der Waals surface area contributed by atoms with Gasteiger partial charge < -0.3 is 10.2 Å². The van der Waals surface area contributed by atoms with E-state index >= 15 is 0 Å². The Labute approximate surface area is 104 Å². The third-order valence-electron chi connectivity index (χ3n) is 4.84. The van der Waals surface area contributed by atoms with E-state index in [1.165, 1.54) is 0 Å². The van der Waals surface area contributed by atoms with Gasteiger partial charge >= 0.3 is 0 Å². The van der Waals surface area contributed by atoms with Crippen LogP contribution < -0.4 is 0 Å². The van der Waals surface area contributed by atoms with E-state index in [9.17, 15) is 13.6 Å². The highest BCUT2D eigenvalue weighted by molar-refractivity contribution is 5.89. The number of aliphatic hydroxyl groups excluding tert-OH is 1. The van der Waals surface area contributed by atoms with Gasteiger partial charge in [0, 0.05) is 12.3 Å². The Balaban J connectivity index is 1.42. The van der Waals surface area contributed by atoms with Crippen LogP contribution in [0.5, 0.6) is 0 Å². The molecule has 3 saturated carbocycles. The molecule has 0 saturated heterocycles. The van der Waals surface area contributed by atoms with Crippen LogP contribution in [-0.2, 0) is 4.79 Å². The van der Waals surface area contributed by atoms with Crippen LogP contribution in [0.1, 0.15) is 38.5 Å². The molecule has 0 aromatic rings. The maximum atomic E-state index is 13.7. The predicted octanol–water partition coefficient (Wildman–Crippen LogP) is 1.51. The molecule has 0 heterocycles. The molecule has 3 aliphatic rings. The van der Waals surface area contributed by atoms with Crippen molar-refractivity contribution in [2.24, 2.45) is 17.8 Å². The molecule has 2 N–H and O–H groups in total. The van der Waals surface area contributed by atoms with Gasteiger partial charge in [-0.2, -0.15) is 0 Å². The van der Waals surface area contributed by atoms with Crippen LogP contribution in [0, 0.1) is 17.8 Å². The summed E-state index contributed by atoms with van der Waals surface area (Å²) >= 11 is 0. The van der Waals surface area contributed by atoms with Crippen molar-refractivity contribution in [2.75, 3.05) is 0 Å². The van der Waals surface area contributed by atoms with Crippen LogP contribution >= 0.6 is 0 Å². The highest BCUT2D eigenvalue weighted by Gasteiger charge is 2.67. The quantitative estimate of drug-likeness (QED) is 0.712. The van der Waals surface area contributed by atoms with Gasteiger partial charge in [-0.1, -0.05) is 0 Å². The number of Topliss-reactive ketones (excluding diaryl/α,β-unsaturated/α-hetero) is 1. The monoisotopic (exact) mass is 260 g/mol. The number of carbonyl (C=O) groups excluding carboxylic acids is 1. The lowest BCUT2D eigenvalue weighted by atomic mass is 10.0. The second-order valence-corrected chi connectivity index (χ2v) is 6.20. The van der Waals surface area contributed by atoms with Gasteiger partial charge in [0.05, 0.1) is 0 Å². The zero-order chi connectivity index (χ0) is 13.1. The normalized spacial score (nSPS) is 43.9. The van der Waals surface area contributed by atoms with Gasteiger partial charge in [-0.3, -0.25) is 4.79 Å². The molecule has 0 aromatic heterocycles. The molecule has 3 aliphatic carbocycles. The smallest absolute Gasteiger partial charge is 0.186 e. The van der Waals surface area contributed by atoms with E-state index in [0.29, 0.717) is 19.3 Å². The van der Waals surface area contributed by atoms with Crippen molar-refractivity contribution in [3.63, 3.8) is 0 Å². The lowest BCUT2D eigenvalue weighted by Crippen LogP contribution is -2.25. The molecule has 5 heteroatoms. The van der Waals surface area contributed by atoms with Gasteiger partial charge in [-0.25, -0.2) is 8.78 Å². The summed E-state index contributed by atoms with van der Waals surface area (Å²) in [6.45, 7) is 0. The van der Waals surface area contributed by atoms with Crippen molar-refractivity contribution in [1.82, 2.24) is 0 Å². The fourth-order valence-electron chi connectivity index (χ4n) is 3.11. The first kappa shape index (κ1) is 12.5. The number of aliphatic hydroxyl groups is 2. The first-order valence-corrected chi connectivity index (χ1v) is 6.64. The number of ketones is 1. The highest BCUT2D eigenvalue weighted by atomic mass is 19.1. The van der Waals surface area contributed by atoms with Crippen LogP contribution in [0.15, 0.2) is 0 Å². The van der Waals surface area contributed by atoms with Gasteiger partial charge in [0.25, 0.3) is 0 Å². The third kappa shape index (κ3) is 1.97. The Kier molecular flexibility index (Phi) is 2.59. The summed E-state index contributed by atoms with van der Waals surface area (Å²) in [5, 5.41) is 17.8. The van der Waals surface area contributed by atoms with Crippen molar-refractivity contribution >= 4 is 5.78 Å². The summed E-state index contributed by atoms with van der Waals surface area (Å²) in [4.78, 5) is 11.5. The molecule has 0 radical (unpaired) electrons. The minimum Gasteiger partial charge on any atom is -0.365 e. The van der Waals surface area contributed by atoms with E-state index in [2.05, 4.69) is 0 Å². The molecule has 0 aliphatic heterocycles. The largest absolute Gasteiger partial charge is 0.365 e. The van der Waals surface area contributed by atoms with E-state index in [-0.39, 0.29) is 36.4 Å². The first-order chi connectivity index (χ1) is 8.37. The van der Waals surface area contributed by atoms with Crippen molar-refractivity contribution in [1.29, 1.82) is 0 Å². The molecule has 0 spiro atoms. The van der Waals surface area contributed by atoms with Crippen LogP contribution in [0.3, 0.4) is 0 Å². The molecular formula is C13H18F2O3. The fourth-order valence-corrected chi connectivity index (χ4v) is 3.11. The van der Waals surface area contributed by atoms with Crippen LogP contribution in [-0.4, -0.2) is 33.6 Å². The fraction of sp³-hybridized carbons (Fsp3) is 0.923.